The molecule has 18 heteroatoms. The van der Waals surface area contributed by atoms with Gasteiger partial charge in [-0.15, -0.1) is 0 Å². The topological polar surface area (TPSA) is 120 Å². The van der Waals surface area contributed by atoms with Crippen molar-refractivity contribution in [1.82, 2.24) is 9.87 Å². The molecular formula is C26H44N4O8P4S2. The first kappa shape index (κ1) is 39.1. The summed E-state index contributed by atoms with van der Waals surface area (Å²) in [5, 5.41) is 6.96. The highest BCUT2D eigenvalue weighted by atomic mass is 32.4. The molecule has 2 rings (SSSR count). The van der Waals surface area contributed by atoms with Crippen molar-refractivity contribution >= 4 is 64.6 Å². The second-order valence-corrected chi connectivity index (χ2v) is 19.5. The van der Waals surface area contributed by atoms with Gasteiger partial charge < -0.3 is 32.3 Å². The number of nitrogens with one attached hydrogen (secondary N) is 1. The molecule has 0 aliphatic rings. The van der Waals surface area contributed by atoms with Gasteiger partial charge in [0.1, 0.15) is 24.1 Å². The molecule has 44 heavy (non-hydrogen) atoms. The lowest BCUT2D eigenvalue weighted by atomic mass is 10.2. The highest BCUT2D eigenvalue weighted by molar-refractivity contribution is 8.04. The summed E-state index contributed by atoms with van der Waals surface area (Å²) in [6.45, 7) is 2.35. The van der Waals surface area contributed by atoms with Gasteiger partial charge in [-0.2, -0.15) is 5.10 Å². The van der Waals surface area contributed by atoms with Crippen LogP contribution in [-0.2, 0) is 50.8 Å². The number of rotatable bonds is 20. The van der Waals surface area contributed by atoms with Crippen LogP contribution >= 0.6 is 29.1 Å². The smallest absolute Gasteiger partial charge is 0.349 e. The first-order valence-electron chi connectivity index (χ1n) is 13.6. The van der Waals surface area contributed by atoms with Crippen LogP contribution in [0.2, 0.25) is 0 Å². The number of nitrogens with zero attached hydrogens (tertiary/aromatic N) is 3. The first-order valence-corrected chi connectivity index (χ1v) is 22.2. The molecule has 2 aromatic rings. The van der Waals surface area contributed by atoms with Crippen molar-refractivity contribution in [1.29, 1.82) is 0 Å². The zero-order chi connectivity index (χ0) is 33.0. The minimum Gasteiger partial charge on any atom is -0.480 e. The molecule has 0 aliphatic carbocycles. The Morgan fingerprint density at radius 3 is 1.77 bits per heavy atom. The van der Waals surface area contributed by atoms with Crippen LogP contribution in [0, 0.1) is 0 Å². The van der Waals surface area contributed by atoms with Crippen molar-refractivity contribution in [2.24, 2.45) is 5.10 Å². The fourth-order valence-electron chi connectivity index (χ4n) is 3.98. The van der Waals surface area contributed by atoms with Crippen molar-refractivity contribution < 1.29 is 36.5 Å². The lowest BCUT2D eigenvalue weighted by molar-refractivity contribution is 0.146. The van der Waals surface area contributed by atoms with E-state index in [4.69, 9.17) is 51.0 Å². The summed E-state index contributed by atoms with van der Waals surface area (Å²) in [4.78, 5) is 1.58. The Labute approximate surface area is 272 Å². The summed E-state index contributed by atoms with van der Waals surface area (Å²) in [5.41, 5.74) is 1.49. The van der Waals surface area contributed by atoms with E-state index >= 15 is 0 Å². The van der Waals surface area contributed by atoms with Crippen molar-refractivity contribution in [3.8, 4) is 11.5 Å². The van der Waals surface area contributed by atoms with Crippen LogP contribution in [0.5, 0.6) is 11.5 Å². The number of ether oxygens (including phenoxy) is 1. The van der Waals surface area contributed by atoms with E-state index in [0.717, 1.165) is 5.56 Å². The molecule has 0 amide bonds. The molecule has 0 aromatic heterocycles. The van der Waals surface area contributed by atoms with Gasteiger partial charge in [0.25, 0.3) is 0 Å². The summed E-state index contributed by atoms with van der Waals surface area (Å²) in [7, 11) is 0.342. The molecule has 2 unspecified atom stereocenters. The SMILES string of the molecule is CCC(CC)(Oc1ccc(N(CP(=O)(OC)OC)CP(=O)(OC)OC)cc1)[PH](=S)N(C)/N=C/c1ccc(O[PH](=S)NC)cc1. The third kappa shape index (κ3) is 11.0. The molecule has 2 atom stereocenters. The summed E-state index contributed by atoms with van der Waals surface area (Å²) in [6.07, 6.45) is 2.76. The monoisotopic (exact) mass is 728 g/mol. The van der Waals surface area contributed by atoms with Gasteiger partial charge in [0.2, 0.25) is 0 Å². The van der Waals surface area contributed by atoms with Gasteiger partial charge in [-0.25, -0.2) is 0 Å². The molecular weight excluding hydrogens is 684 g/mol. The average molecular weight is 729 g/mol. The highest BCUT2D eigenvalue weighted by Crippen LogP contribution is 2.53. The van der Waals surface area contributed by atoms with Crippen LogP contribution in [0.4, 0.5) is 5.69 Å². The molecule has 0 radical (unpaired) electrons. The van der Waals surface area contributed by atoms with Crippen LogP contribution < -0.4 is 19.2 Å². The Hall–Kier alpha value is -1.13. The van der Waals surface area contributed by atoms with Gasteiger partial charge in [0.15, 0.2) is 12.4 Å². The van der Waals surface area contributed by atoms with Crippen molar-refractivity contribution in [3.63, 3.8) is 0 Å². The zero-order valence-electron chi connectivity index (χ0n) is 26.3. The fourth-order valence-corrected chi connectivity index (χ4v) is 9.69. The lowest BCUT2D eigenvalue weighted by Crippen LogP contribution is -2.33. The quantitative estimate of drug-likeness (QED) is 0.0863. The van der Waals surface area contributed by atoms with E-state index in [0.29, 0.717) is 30.0 Å². The van der Waals surface area contributed by atoms with Crippen LogP contribution in [0.25, 0.3) is 0 Å². The Balaban J connectivity index is 2.25. The third-order valence-electron chi connectivity index (χ3n) is 6.82. The van der Waals surface area contributed by atoms with Crippen molar-refractivity contribution in [2.75, 3.05) is 60.0 Å². The maximum Gasteiger partial charge on any atom is 0.349 e. The predicted octanol–water partition coefficient (Wildman–Crippen LogP) is 6.94. The number of anilines is 1. The van der Waals surface area contributed by atoms with Crippen molar-refractivity contribution in [2.45, 2.75) is 32.0 Å². The Morgan fingerprint density at radius 2 is 1.34 bits per heavy atom. The van der Waals surface area contributed by atoms with E-state index in [2.05, 4.69) is 10.2 Å². The van der Waals surface area contributed by atoms with Gasteiger partial charge in [-0.1, -0.05) is 25.7 Å². The molecule has 2 aromatic carbocycles. The molecule has 0 spiro atoms. The second-order valence-electron chi connectivity index (χ2n) is 9.35. The van der Waals surface area contributed by atoms with Gasteiger partial charge in [-0.05, 0) is 85.8 Å². The Morgan fingerprint density at radius 1 is 0.864 bits per heavy atom. The van der Waals surface area contributed by atoms with Crippen LogP contribution in [0.3, 0.4) is 0 Å². The number of hydrogen-bond acceptors (Lipinski definition) is 12. The predicted molar refractivity (Wildman–Crippen MR) is 189 cm³/mol. The number of hydrogen-bond donors (Lipinski definition) is 1. The fraction of sp³-hybridized carbons (Fsp3) is 0.500. The minimum atomic E-state index is -3.51. The van der Waals surface area contributed by atoms with E-state index in [1.807, 2.05) is 49.9 Å². The summed E-state index contributed by atoms with van der Waals surface area (Å²) < 4.78 is 60.5. The maximum absolute atomic E-state index is 13.0. The van der Waals surface area contributed by atoms with Gasteiger partial charge >= 0.3 is 15.2 Å². The zero-order valence-corrected chi connectivity index (χ0v) is 31.8. The molecule has 12 nitrogen and oxygen atoms in total. The molecule has 0 aliphatic heterocycles. The minimum absolute atomic E-state index is 0.172. The van der Waals surface area contributed by atoms with Crippen LogP contribution in [-0.4, -0.2) is 71.4 Å². The maximum atomic E-state index is 13.0. The molecule has 248 valence electrons. The largest absolute Gasteiger partial charge is 0.480 e. The molecule has 0 fully saturated rings. The van der Waals surface area contributed by atoms with Gasteiger partial charge in [0, 0.05) is 41.2 Å². The number of hydrazone groups is 1. The van der Waals surface area contributed by atoms with E-state index in [1.165, 1.54) is 28.4 Å². The Kier molecular flexibility index (Phi) is 16.2. The Bertz CT molecular complexity index is 1320. The normalized spacial score (nSPS) is 13.9. The summed E-state index contributed by atoms with van der Waals surface area (Å²) in [6, 6.07) is 14.7. The number of benzene rings is 2. The van der Waals surface area contributed by atoms with Gasteiger partial charge in [-0.3, -0.25) is 19.0 Å². The van der Waals surface area contributed by atoms with E-state index < -0.39 is 34.5 Å². The molecule has 1 N–H and O–H groups in total. The lowest BCUT2D eigenvalue weighted by Gasteiger charge is -2.37. The third-order valence-corrected chi connectivity index (χ3v) is 16.3. The van der Waals surface area contributed by atoms with Crippen molar-refractivity contribution in [3.05, 3.63) is 54.1 Å². The molecule has 0 bridgehead atoms. The molecule has 0 heterocycles. The molecule has 0 saturated heterocycles. The standard InChI is InChI=1S/C26H44N4O8P4S2/c1-9-26(10-2,39(43)29(4)28-19-22-11-15-25(16-12-22)38-40(44)27-3)37-24-17-13-23(14-18-24)30(20-41(31,33-5)34-6)21-42(32,35-7)36-8/h11-19,39-40H,9-10,20-21H2,1-8H3,(H,27,44)/b28-19+. The summed E-state index contributed by atoms with van der Waals surface area (Å²) in [5.74, 6) is 1.31. The van der Waals surface area contributed by atoms with E-state index in [-0.39, 0.29) is 12.6 Å². The van der Waals surface area contributed by atoms with E-state index in [9.17, 15) is 9.13 Å². The average Bonchev–Trinajstić information content (AvgIpc) is 3.06. The van der Waals surface area contributed by atoms with Gasteiger partial charge in [0.05, 0.1) is 13.1 Å². The van der Waals surface area contributed by atoms with E-state index in [1.54, 1.807) is 42.4 Å². The first-order chi connectivity index (χ1) is 20.9. The van der Waals surface area contributed by atoms with Crippen LogP contribution in [0.1, 0.15) is 32.3 Å². The second kappa shape index (κ2) is 18.3. The highest BCUT2D eigenvalue weighted by Gasteiger charge is 2.35. The van der Waals surface area contributed by atoms with Crippen LogP contribution in [0.15, 0.2) is 53.6 Å². The summed E-state index contributed by atoms with van der Waals surface area (Å²) >= 11 is 11.3. The molecule has 0 saturated carbocycles.